The molecule has 0 radical (unpaired) electrons. The van der Waals surface area contributed by atoms with Gasteiger partial charge in [0.25, 0.3) is 0 Å². The molecule has 0 atom stereocenters. The largest absolute Gasteiger partial charge is 0.443 e. The highest BCUT2D eigenvalue weighted by Gasteiger charge is 2.21. The van der Waals surface area contributed by atoms with Crippen molar-refractivity contribution in [2.45, 2.75) is 45.6 Å². The fourth-order valence-corrected chi connectivity index (χ4v) is 1.95. The van der Waals surface area contributed by atoms with Crippen molar-refractivity contribution in [2.75, 3.05) is 26.2 Å². The van der Waals surface area contributed by atoms with E-state index in [9.17, 15) is 4.79 Å². The number of rotatable bonds is 3. The highest BCUT2D eigenvalue weighted by atomic mass is 16.6. The Balaban J connectivity index is 2.37. The average Bonchev–Trinajstić information content (AvgIpc) is 2.29. The van der Waals surface area contributed by atoms with E-state index in [4.69, 9.17) is 11.2 Å². The van der Waals surface area contributed by atoms with Gasteiger partial charge in [-0.25, -0.2) is 9.69 Å². The molecule has 0 spiro atoms. The number of nitrogens with zero attached hydrogens (tertiary/aromatic N) is 2. The molecule has 0 N–H and O–H groups in total. The number of terminal acetylenes is 1. The van der Waals surface area contributed by atoms with Crippen molar-refractivity contribution in [3.8, 4) is 12.5 Å². The minimum atomic E-state index is -0.503. The summed E-state index contributed by atoms with van der Waals surface area (Å²) >= 11 is 0. The number of hydrogen-bond acceptors (Lipinski definition) is 3. The molecule has 0 saturated carbocycles. The van der Waals surface area contributed by atoms with Crippen LogP contribution in [0.4, 0.5) is 4.79 Å². The first-order chi connectivity index (χ1) is 8.42. The summed E-state index contributed by atoms with van der Waals surface area (Å²) in [4.78, 5) is 15.5. The number of hydrogen-bond donors (Lipinski definition) is 0. The minimum absolute atomic E-state index is 0.429. The molecule has 0 aliphatic carbocycles. The Morgan fingerprint density at radius 1 is 1.33 bits per heavy atom. The highest BCUT2D eigenvalue weighted by Crippen LogP contribution is 2.11. The molecule has 1 amide bonds. The van der Waals surface area contributed by atoms with Gasteiger partial charge in [0.2, 0.25) is 0 Å². The maximum Gasteiger partial charge on any atom is 0.422 e. The zero-order chi connectivity index (χ0) is 13.6. The Kier molecular flexibility index (Phi) is 5.49. The van der Waals surface area contributed by atoms with Gasteiger partial charge in [-0.1, -0.05) is 12.8 Å². The standard InChI is InChI=1S/C14H24N2O2/c1-5-16(13(17)18-14(2,3)4)12-11-15-9-7-6-8-10-15/h1H,6-12H2,2-4H3. The van der Waals surface area contributed by atoms with Crippen LogP contribution in [0.5, 0.6) is 0 Å². The molecule has 0 aromatic heterocycles. The van der Waals surface area contributed by atoms with E-state index in [2.05, 4.69) is 10.9 Å². The number of amides is 1. The average molecular weight is 252 g/mol. The second kappa shape index (κ2) is 6.65. The Hall–Kier alpha value is -1.21. The quantitative estimate of drug-likeness (QED) is 0.571. The van der Waals surface area contributed by atoms with Crippen LogP contribution in [0.2, 0.25) is 0 Å². The van der Waals surface area contributed by atoms with Crippen molar-refractivity contribution in [3.63, 3.8) is 0 Å². The van der Waals surface area contributed by atoms with Crippen LogP contribution in [0, 0.1) is 12.5 Å². The molecule has 1 fully saturated rings. The lowest BCUT2D eigenvalue weighted by Gasteiger charge is -2.29. The minimum Gasteiger partial charge on any atom is -0.443 e. The van der Waals surface area contributed by atoms with Gasteiger partial charge in [-0.3, -0.25) is 0 Å². The normalized spacial score (nSPS) is 17.0. The van der Waals surface area contributed by atoms with E-state index >= 15 is 0 Å². The summed E-state index contributed by atoms with van der Waals surface area (Å²) in [6.45, 7) is 9.08. The zero-order valence-electron chi connectivity index (χ0n) is 11.7. The van der Waals surface area contributed by atoms with E-state index in [1.54, 1.807) is 0 Å². The highest BCUT2D eigenvalue weighted by molar-refractivity contribution is 5.70. The van der Waals surface area contributed by atoms with Gasteiger partial charge in [-0.15, -0.1) is 0 Å². The van der Waals surface area contributed by atoms with Crippen molar-refractivity contribution in [3.05, 3.63) is 0 Å². The van der Waals surface area contributed by atoms with Crippen LogP contribution in [-0.2, 0) is 4.74 Å². The molecule has 1 saturated heterocycles. The maximum atomic E-state index is 11.8. The van der Waals surface area contributed by atoms with Gasteiger partial charge in [-0.05, 0) is 46.7 Å². The molecule has 0 aromatic carbocycles. The van der Waals surface area contributed by atoms with Gasteiger partial charge in [0, 0.05) is 12.6 Å². The fraction of sp³-hybridized carbons (Fsp3) is 0.786. The SMILES string of the molecule is C#CN(CCN1CCCCC1)C(=O)OC(C)(C)C. The van der Waals surface area contributed by atoms with Crippen molar-refractivity contribution < 1.29 is 9.53 Å². The van der Waals surface area contributed by atoms with Crippen molar-refractivity contribution in [1.82, 2.24) is 9.80 Å². The van der Waals surface area contributed by atoms with Crippen LogP contribution < -0.4 is 0 Å². The van der Waals surface area contributed by atoms with Crippen LogP contribution in [0.25, 0.3) is 0 Å². The summed E-state index contributed by atoms with van der Waals surface area (Å²) in [5.74, 6) is 0. The van der Waals surface area contributed by atoms with E-state index in [1.807, 2.05) is 20.8 Å². The molecule has 4 nitrogen and oxygen atoms in total. The molecule has 0 aromatic rings. The summed E-state index contributed by atoms with van der Waals surface area (Å²) in [5.41, 5.74) is -0.503. The topological polar surface area (TPSA) is 32.8 Å². The Labute approximate surface area is 110 Å². The lowest BCUT2D eigenvalue weighted by Crippen LogP contribution is -2.40. The first kappa shape index (κ1) is 14.8. The lowest BCUT2D eigenvalue weighted by molar-refractivity contribution is 0.0336. The molecule has 0 unspecified atom stereocenters. The van der Waals surface area contributed by atoms with Crippen LogP contribution >= 0.6 is 0 Å². The molecule has 18 heavy (non-hydrogen) atoms. The van der Waals surface area contributed by atoms with Crippen LogP contribution in [0.15, 0.2) is 0 Å². The number of carbonyl (C=O) groups excluding carboxylic acids is 1. The molecular weight excluding hydrogens is 228 g/mol. The van der Waals surface area contributed by atoms with E-state index in [-0.39, 0.29) is 0 Å². The third-order valence-electron chi connectivity index (χ3n) is 2.86. The van der Waals surface area contributed by atoms with Gasteiger partial charge in [0.05, 0.1) is 6.54 Å². The predicted octanol–water partition coefficient (Wildman–Crippen LogP) is 2.30. The molecule has 0 bridgehead atoms. The Morgan fingerprint density at radius 3 is 2.44 bits per heavy atom. The summed E-state index contributed by atoms with van der Waals surface area (Å²) < 4.78 is 5.26. The Bertz CT molecular complexity index is 309. The first-order valence-electron chi connectivity index (χ1n) is 6.61. The second-order valence-corrected chi connectivity index (χ2v) is 5.66. The Morgan fingerprint density at radius 2 is 1.94 bits per heavy atom. The molecule has 1 rings (SSSR count). The number of ether oxygens (including phenoxy) is 1. The van der Waals surface area contributed by atoms with Gasteiger partial charge in [0.15, 0.2) is 0 Å². The van der Waals surface area contributed by atoms with Crippen molar-refractivity contribution >= 4 is 6.09 Å². The number of likely N-dealkylation sites (tertiary alicyclic amines) is 1. The molecule has 1 heterocycles. The van der Waals surface area contributed by atoms with Gasteiger partial charge in [0.1, 0.15) is 5.60 Å². The third-order valence-corrected chi connectivity index (χ3v) is 2.86. The van der Waals surface area contributed by atoms with E-state index in [0.717, 1.165) is 19.6 Å². The molecule has 1 aliphatic heterocycles. The summed E-state index contributed by atoms with van der Waals surface area (Å²) in [5, 5.41) is 0. The van der Waals surface area contributed by atoms with Gasteiger partial charge < -0.3 is 9.64 Å². The molecule has 102 valence electrons. The van der Waals surface area contributed by atoms with E-state index in [1.165, 1.54) is 24.2 Å². The van der Waals surface area contributed by atoms with Gasteiger partial charge in [-0.2, -0.15) is 0 Å². The lowest BCUT2D eigenvalue weighted by atomic mass is 10.1. The predicted molar refractivity (Wildman–Crippen MR) is 72.1 cm³/mol. The summed E-state index contributed by atoms with van der Waals surface area (Å²) in [6.07, 6.45) is 8.72. The smallest absolute Gasteiger partial charge is 0.422 e. The van der Waals surface area contributed by atoms with Gasteiger partial charge >= 0.3 is 6.09 Å². The third kappa shape index (κ3) is 5.42. The van der Waals surface area contributed by atoms with E-state index < -0.39 is 11.7 Å². The fourth-order valence-electron chi connectivity index (χ4n) is 1.95. The van der Waals surface area contributed by atoms with Crippen LogP contribution in [0.1, 0.15) is 40.0 Å². The number of carbonyl (C=O) groups is 1. The van der Waals surface area contributed by atoms with Crippen LogP contribution in [-0.4, -0.2) is 47.7 Å². The summed E-state index contributed by atoms with van der Waals surface area (Å²) in [6, 6.07) is 2.40. The van der Waals surface area contributed by atoms with E-state index in [0.29, 0.717) is 6.54 Å². The maximum absolute atomic E-state index is 11.8. The van der Waals surface area contributed by atoms with Crippen molar-refractivity contribution in [1.29, 1.82) is 0 Å². The summed E-state index contributed by atoms with van der Waals surface area (Å²) in [7, 11) is 0. The zero-order valence-corrected chi connectivity index (χ0v) is 11.7. The second-order valence-electron chi connectivity index (χ2n) is 5.66. The molecule has 1 aliphatic rings. The van der Waals surface area contributed by atoms with Crippen molar-refractivity contribution in [2.24, 2.45) is 0 Å². The molecular formula is C14H24N2O2. The van der Waals surface area contributed by atoms with Crippen LogP contribution in [0.3, 0.4) is 0 Å². The number of piperidine rings is 1. The first-order valence-corrected chi connectivity index (χ1v) is 6.61. The molecule has 4 heteroatoms. The monoisotopic (exact) mass is 252 g/mol.